The van der Waals surface area contributed by atoms with Crippen LogP contribution in [0, 0.1) is 17.8 Å². The molecule has 2 aliphatic carbocycles. The van der Waals surface area contributed by atoms with Crippen LogP contribution in [0.4, 0.5) is 0 Å². The van der Waals surface area contributed by atoms with Crippen molar-refractivity contribution in [3.8, 4) is 0 Å². The maximum atomic E-state index is 12.2. The lowest BCUT2D eigenvalue weighted by Crippen LogP contribution is -2.43. The molecule has 0 radical (unpaired) electrons. The Bertz CT molecular complexity index is 302. The normalized spacial score (nSPS) is 35.6. The fourth-order valence-electron chi connectivity index (χ4n) is 4.13. The van der Waals surface area contributed by atoms with Gasteiger partial charge in [0, 0.05) is 25.6 Å². The summed E-state index contributed by atoms with van der Waals surface area (Å²) in [5, 5.41) is 0. The largest absolute Gasteiger partial charge is 0.343 e. The van der Waals surface area contributed by atoms with Crippen molar-refractivity contribution >= 4 is 18.3 Å². The summed E-state index contributed by atoms with van der Waals surface area (Å²) in [7, 11) is 0. The van der Waals surface area contributed by atoms with Crippen LogP contribution in [0.5, 0.6) is 0 Å². The van der Waals surface area contributed by atoms with Crippen LogP contribution in [-0.4, -0.2) is 29.9 Å². The minimum absolute atomic E-state index is 0. The Balaban J connectivity index is 0.00000120. The molecule has 2 saturated carbocycles. The SMILES string of the molecule is Cl.NC1CCN(C(=O)CC2CC3CCC2C3)CC1. The molecule has 1 saturated heterocycles. The molecule has 2 N–H and O–H groups in total. The van der Waals surface area contributed by atoms with E-state index in [1.165, 1.54) is 25.7 Å². The smallest absolute Gasteiger partial charge is 0.222 e. The number of nitrogens with zero attached hydrogens (tertiary/aromatic N) is 1. The fourth-order valence-corrected chi connectivity index (χ4v) is 4.13. The standard InChI is InChI=1S/C14H24N2O.ClH/c15-13-3-5-16(6-4-13)14(17)9-12-8-10-1-2-11(12)7-10;/h10-13H,1-9,15H2;1H. The van der Waals surface area contributed by atoms with E-state index in [9.17, 15) is 4.79 Å². The summed E-state index contributed by atoms with van der Waals surface area (Å²) in [5.41, 5.74) is 5.87. The van der Waals surface area contributed by atoms with Gasteiger partial charge in [-0.1, -0.05) is 6.42 Å². The third-order valence-electron chi connectivity index (χ3n) is 5.21. The predicted octanol–water partition coefficient (Wildman–Crippen LogP) is 2.18. The lowest BCUT2D eigenvalue weighted by atomic mass is 9.86. The third-order valence-corrected chi connectivity index (χ3v) is 5.21. The van der Waals surface area contributed by atoms with Gasteiger partial charge < -0.3 is 10.6 Å². The lowest BCUT2D eigenvalue weighted by Gasteiger charge is -2.32. The summed E-state index contributed by atoms with van der Waals surface area (Å²) >= 11 is 0. The first kappa shape index (κ1) is 14.1. The van der Waals surface area contributed by atoms with Crippen LogP contribution < -0.4 is 5.73 Å². The molecule has 1 heterocycles. The highest BCUT2D eigenvalue weighted by molar-refractivity contribution is 5.85. The highest BCUT2D eigenvalue weighted by atomic mass is 35.5. The van der Waals surface area contributed by atoms with E-state index in [1.807, 2.05) is 0 Å². The molecule has 18 heavy (non-hydrogen) atoms. The van der Waals surface area contributed by atoms with Crippen LogP contribution in [0.25, 0.3) is 0 Å². The van der Waals surface area contributed by atoms with Gasteiger partial charge in [-0.15, -0.1) is 12.4 Å². The Kier molecular flexibility index (Phi) is 4.54. The summed E-state index contributed by atoms with van der Waals surface area (Å²) in [6, 6.07) is 0.321. The number of halogens is 1. The van der Waals surface area contributed by atoms with E-state index in [1.54, 1.807) is 0 Å². The second-order valence-electron chi connectivity index (χ2n) is 6.36. The zero-order chi connectivity index (χ0) is 11.8. The highest BCUT2D eigenvalue weighted by Gasteiger charge is 2.40. The number of carbonyl (C=O) groups excluding carboxylic acids is 1. The number of amides is 1. The molecule has 3 atom stereocenters. The number of nitrogens with two attached hydrogens (primary N) is 1. The molecular weight excluding hydrogens is 248 g/mol. The molecule has 0 aromatic heterocycles. The van der Waals surface area contributed by atoms with Crippen molar-refractivity contribution in [2.24, 2.45) is 23.5 Å². The maximum absolute atomic E-state index is 12.2. The van der Waals surface area contributed by atoms with Crippen molar-refractivity contribution in [3.63, 3.8) is 0 Å². The minimum Gasteiger partial charge on any atom is -0.343 e. The molecule has 3 fully saturated rings. The molecule has 3 nitrogen and oxygen atoms in total. The topological polar surface area (TPSA) is 46.3 Å². The molecule has 4 heteroatoms. The van der Waals surface area contributed by atoms with Gasteiger partial charge in [-0.05, 0) is 49.9 Å². The van der Waals surface area contributed by atoms with E-state index in [2.05, 4.69) is 4.90 Å². The molecule has 3 unspecified atom stereocenters. The molecule has 0 aromatic rings. The summed E-state index contributed by atoms with van der Waals surface area (Å²) in [6.45, 7) is 1.78. The Labute approximate surface area is 116 Å². The van der Waals surface area contributed by atoms with Gasteiger partial charge in [-0.25, -0.2) is 0 Å². The first-order chi connectivity index (χ1) is 8.22. The van der Waals surface area contributed by atoms with Crippen LogP contribution in [0.2, 0.25) is 0 Å². The van der Waals surface area contributed by atoms with Crippen molar-refractivity contribution in [3.05, 3.63) is 0 Å². The Morgan fingerprint density at radius 1 is 1.11 bits per heavy atom. The van der Waals surface area contributed by atoms with Gasteiger partial charge in [0.2, 0.25) is 5.91 Å². The summed E-state index contributed by atoms with van der Waals surface area (Å²) < 4.78 is 0. The molecule has 3 rings (SSSR count). The number of piperidine rings is 1. The van der Waals surface area contributed by atoms with Crippen molar-refractivity contribution in [2.45, 2.75) is 51.0 Å². The number of hydrogen-bond acceptors (Lipinski definition) is 2. The Hall–Kier alpha value is -0.280. The van der Waals surface area contributed by atoms with E-state index in [-0.39, 0.29) is 12.4 Å². The Morgan fingerprint density at radius 3 is 2.39 bits per heavy atom. The first-order valence-corrected chi connectivity index (χ1v) is 7.25. The van der Waals surface area contributed by atoms with Gasteiger partial charge in [-0.2, -0.15) is 0 Å². The highest BCUT2D eigenvalue weighted by Crippen LogP contribution is 2.49. The third kappa shape index (κ3) is 2.83. The number of rotatable bonds is 2. The van der Waals surface area contributed by atoms with Crippen LogP contribution in [0.15, 0.2) is 0 Å². The Morgan fingerprint density at radius 2 is 1.83 bits per heavy atom. The maximum Gasteiger partial charge on any atom is 0.222 e. The van der Waals surface area contributed by atoms with Gasteiger partial charge in [0.1, 0.15) is 0 Å². The lowest BCUT2D eigenvalue weighted by molar-refractivity contribution is -0.133. The average molecular weight is 273 g/mol. The van der Waals surface area contributed by atoms with E-state index >= 15 is 0 Å². The van der Waals surface area contributed by atoms with Crippen molar-refractivity contribution in [1.29, 1.82) is 0 Å². The first-order valence-electron chi connectivity index (χ1n) is 7.25. The van der Waals surface area contributed by atoms with E-state index < -0.39 is 0 Å². The number of carbonyl (C=O) groups is 1. The second-order valence-corrected chi connectivity index (χ2v) is 6.36. The van der Waals surface area contributed by atoms with Gasteiger partial charge >= 0.3 is 0 Å². The van der Waals surface area contributed by atoms with Gasteiger partial charge in [-0.3, -0.25) is 4.79 Å². The predicted molar refractivity (Wildman–Crippen MR) is 74.6 cm³/mol. The van der Waals surface area contributed by atoms with Crippen LogP contribution in [0.3, 0.4) is 0 Å². The molecule has 104 valence electrons. The number of fused-ring (bicyclic) bond motifs is 2. The molecule has 3 aliphatic rings. The second kappa shape index (κ2) is 5.79. The van der Waals surface area contributed by atoms with Crippen LogP contribution >= 0.6 is 12.4 Å². The zero-order valence-electron chi connectivity index (χ0n) is 11.0. The average Bonchev–Trinajstić information content (AvgIpc) is 2.91. The molecule has 0 aromatic carbocycles. The van der Waals surface area contributed by atoms with Crippen LogP contribution in [0.1, 0.15) is 44.9 Å². The number of hydrogen-bond donors (Lipinski definition) is 1. The fraction of sp³-hybridized carbons (Fsp3) is 0.929. The molecule has 1 amide bonds. The quantitative estimate of drug-likeness (QED) is 0.838. The van der Waals surface area contributed by atoms with Gasteiger partial charge in [0.05, 0.1) is 0 Å². The summed E-state index contributed by atoms with van der Waals surface area (Å²) in [6.07, 6.45) is 8.33. The molecule has 1 aliphatic heterocycles. The zero-order valence-corrected chi connectivity index (χ0v) is 11.8. The molecular formula is C14H25ClN2O. The summed E-state index contributed by atoms with van der Waals surface area (Å²) in [5.74, 6) is 2.93. The van der Waals surface area contributed by atoms with E-state index in [0.717, 1.165) is 44.2 Å². The van der Waals surface area contributed by atoms with E-state index in [4.69, 9.17) is 5.73 Å². The number of likely N-dealkylation sites (tertiary alicyclic amines) is 1. The monoisotopic (exact) mass is 272 g/mol. The van der Waals surface area contributed by atoms with Crippen LogP contribution in [-0.2, 0) is 4.79 Å². The summed E-state index contributed by atoms with van der Waals surface area (Å²) in [4.78, 5) is 14.3. The van der Waals surface area contributed by atoms with Crippen molar-refractivity contribution in [2.75, 3.05) is 13.1 Å². The van der Waals surface area contributed by atoms with E-state index in [0.29, 0.717) is 17.9 Å². The molecule has 0 spiro atoms. The van der Waals surface area contributed by atoms with Crippen molar-refractivity contribution < 1.29 is 4.79 Å². The van der Waals surface area contributed by atoms with Gasteiger partial charge in [0.25, 0.3) is 0 Å². The minimum atomic E-state index is 0. The van der Waals surface area contributed by atoms with Crippen molar-refractivity contribution in [1.82, 2.24) is 4.90 Å². The van der Waals surface area contributed by atoms with Gasteiger partial charge in [0.15, 0.2) is 0 Å². The molecule has 2 bridgehead atoms.